The molecule has 0 fully saturated rings. The molecule has 0 saturated heterocycles. The van der Waals surface area contributed by atoms with Crippen molar-refractivity contribution in [3.63, 3.8) is 0 Å². The Kier molecular flexibility index (Phi) is 8.81. The number of carbonyl (C=O) groups excluding carboxylic acids is 1. The zero-order chi connectivity index (χ0) is 18.2. The van der Waals surface area contributed by atoms with E-state index in [1.54, 1.807) is 0 Å². The smallest absolute Gasteiger partial charge is 0.387 e. The number of benzene rings is 2. The molecule has 0 aliphatic heterocycles. The molecule has 5 nitrogen and oxygen atoms in total. The maximum Gasteiger partial charge on any atom is 0.387 e. The van der Waals surface area contributed by atoms with Crippen LogP contribution in [0.2, 0.25) is 0 Å². The van der Waals surface area contributed by atoms with Crippen LogP contribution < -0.4 is 20.5 Å². The van der Waals surface area contributed by atoms with Gasteiger partial charge in [0.15, 0.2) is 0 Å². The number of ether oxygens (including phenoxy) is 2. The van der Waals surface area contributed by atoms with Gasteiger partial charge < -0.3 is 20.5 Å². The van der Waals surface area contributed by atoms with Crippen LogP contribution in [-0.2, 0) is 17.8 Å². The maximum atomic E-state index is 12.5. The van der Waals surface area contributed by atoms with E-state index < -0.39 is 12.7 Å². The molecule has 26 heavy (non-hydrogen) atoms. The topological polar surface area (TPSA) is 73.6 Å². The zero-order valence-electron chi connectivity index (χ0n) is 14.2. The van der Waals surface area contributed by atoms with Crippen molar-refractivity contribution in [1.82, 2.24) is 5.32 Å². The Labute approximate surface area is 156 Å². The van der Waals surface area contributed by atoms with Gasteiger partial charge in [0.1, 0.15) is 11.5 Å². The number of halogens is 3. The first-order valence-corrected chi connectivity index (χ1v) is 7.68. The first kappa shape index (κ1) is 21.7. The van der Waals surface area contributed by atoms with Gasteiger partial charge in [-0.3, -0.25) is 4.79 Å². The molecule has 2 aromatic carbocycles. The lowest BCUT2D eigenvalue weighted by molar-refractivity contribution is -0.122. The number of hydrogen-bond acceptors (Lipinski definition) is 4. The van der Waals surface area contributed by atoms with Crippen LogP contribution in [0.5, 0.6) is 11.5 Å². The fourth-order valence-electron chi connectivity index (χ4n) is 2.31. The molecule has 0 unspecified atom stereocenters. The molecule has 1 atom stereocenters. The van der Waals surface area contributed by atoms with E-state index >= 15 is 0 Å². The monoisotopic (exact) mass is 386 g/mol. The van der Waals surface area contributed by atoms with Crippen LogP contribution in [0, 0.1) is 0 Å². The first-order chi connectivity index (χ1) is 12.0. The third kappa shape index (κ3) is 6.50. The van der Waals surface area contributed by atoms with E-state index in [1.807, 2.05) is 30.3 Å². The molecule has 0 aliphatic carbocycles. The van der Waals surface area contributed by atoms with Gasteiger partial charge in [-0.1, -0.05) is 30.3 Å². The van der Waals surface area contributed by atoms with Crippen molar-refractivity contribution >= 4 is 18.3 Å². The van der Waals surface area contributed by atoms with E-state index in [0.29, 0.717) is 17.7 Å². The van der Waals surface area contributed by atoms with E-state index in [1.165, 1.54) is 25.3 Å². The minimum absolute atomic E-state index is 0. The van der Waals surface area contributed by atoms with Crippen LogP contribution in [0.1, 0.15) is 11.1 Å². The minimum Gasteiger partial charge on any atom is -0.497 e. The zero-order valence-corrected chi connectivity index (χ0v) is 15.0. The highest BCUT2D eigenvalue weighted by Gasteiger charge is 2.16. The maximum absolute atomic E-state index is 12.5. The summed E-state index contributed by atoms with van der Waals surface area (Å²) in [6.07, 6.45) is 0.380. The van der Waals surface area contributed by atoms with Gasteiger partial charge in [-0.15, -0.1) is 12.4 Å². The highest BCUT2D eigenvalue weighted by atomic mass is 35.5. The standard InChI is InChI=1S/C18H20F2N2O3.ClH/c1-24-14-7-8-16(25-18(19)20)13(10-14)11-22-17(23)15(21)9-12-5-3-2-4-6-12;/h2-8,10,15,18H,9,11,21H2,1H3,(H,22,23);1H/t15-;/m0./s1. The summed E-state index contributed by atoms with van der Waals surface area (Å²) in [5.41, 5.74) is 7.21. The quantitative estimate of drug-likeness (QED) is 0.731. The fraction of sp³-hybridized carbons (Fsp3) is 0.278. The van der Waals surface area contributed by atoms with Gasteiger partial charge in [0.05, 0.1) is 13.2 Å². The van der Waals surface area contributed by atoms with Crippen molar-refractivity contribution in [1.29, 1.82) is 0 Å². The molecule has 0 spiro atoms. The number of methoxy groups -OCH3 is 1. The summed E-state index contributed by atoms with van der Waals surface area (Å²) in [5, 5.41) is 2.64. The Morgan fingerprint density at radius 1 is 1.19 bits per heavy atom. The lowest BCUT2D eigenvalue weighted by Crippen LogP contribution is -2.41. The molecule has 2 rings (SSSR count). The Bertz CT molecular complexity index is 702. The summed E-state index contributed by atoms with van der Waals surface area (Å²) in [5.74, 6) is 0.0712. The minimum atomic E-state index is -2.96. The summed E-state index contributed by atoms with van der Waals surface area (Å²) < 4.78 is 34.5. The summed E-state index contributed by atoms with van der Waals surface area (Å²) in [6.45, 7) is -2.95. The van der Waals surface area contributed by atoms with Crippen LogP contribution in [0.15, 0.2) is 48.5 Å². The molecule has 3 N–H and O–H groups in total. The number of nitrogens with two attached hydrogens (primary N) is 1. The van der Waals surface area contributed by atoms with Gasteiger partial charge in [-0.2, -0.15) is 8.78 Å². The van der Waals surface area contributed by atoms with E-state index in [9.17, 15) is 13.6 Å². The second kappa shape index (κ2) is 10.6. The molecule has 142 valence electrons. The lowest BCUT2D eigenvalue weighted by atomic mass is 10.1. The van der Waals surface area contributed by atoms with Gasteiger partial charge in [-0.05, 0) is 30.2 Å². The SMILES string of the molecule is COc1ccc(OC(F)F)c(CNC(=O)[C@@H](N)Cc2ccccc2)c1.Cl. The average molecular weight is 387 g/mol. The molecule has 0 aromatic heterocycles. The molecule has 0 radical (unpaired) electrons. The van der Waals surface area contributed by atoms with Crippen molar-refractivity contribution in [3.05, 3.63) is 59.7 Å². The molecule has 0 bridgehead atoms. The van der Waals surface area contributed by atoms with Crippen molar-refractivity contribution in [2.24, 2.45) is 5.73 Å². The summed E-state index contributed by atoms with van der Waals surface area (Å²) >= 11 is 0. The molecule has 2 aromatic rings. The number of amides is 1. The van der Waals surface area contributed by atoms with Crippen LogP contribution in [0.25, 0.3) is 0 Å². The lowest BCUT2D eigenvalue weighted by Gasteiger charge is -2.15. The average Bonchev–Trinajstić information content (AvgIpc) is 2.61. The van der Waals surface area contributed by atoms with Gasteiger partial charge in [-0.25, -0.2) is 0 Å². The predicted molar refractivity (Wildman–Crippen MR) is 96.8 cm³/mol. The van der Waals surface area contributed by atoms with Crippen LogP contribution >= 0.6 is 12.4 Å². The number of carbonyl (C=O) groups is 1. The second-order valence-corrected chi connectivity index (χ2v) is 5.37. The first-order valence-electron chi connectivity index (χ1n) is 7.68. The largest absolute Gasteiger partial charge is 0.497 e. The van der Waals surface area contributed by atoms with E-state index in [-0.39, 0.29) is 30.6 Å². The van der Waals surface area contributed by atoms with Crippen LogP contribution in [-0.4, -0.2) is 25.7 Å². The number of nitrogens with one attached hydrogen (secondary N) is 1. The van der Waals surface area contributed by atoms with Gasteiger partial charge in [0, 0.05) is 12.1 Å². The number of hydrogen-bond donors (Lipinski definition) is 2. The highest BCUT2D eigenvalue weighted by molar-refractivity contribution is 5.85. The summed E-state index contributed by atoms with van der Waals surface area (Å²) in [4.78, 5) is 12.2. The van der Waals surface area contributed by atoms with Gasteiger partial charge in [0.25, 0.3) is 0 Å². The molecular weight excluding hydrogens is 366 g/mol. The van der Waals surface area contributed by atoms with Crippen molar-refractivity contribution < 1.29 is 23.0 Å². The molecule has 0 heterocycles. The third-order valence-electron chi connectivity index (χ3n) is 3.57. The summed E-state index contributed by atoms with van der Waals surface area (Å²) in [6, 6.07) is 13.0. The Morgan fingerprint density at radius 2 is 1.88 bits per heavy atom. The van der Waals surface area contributed by atoms with Crippen molar-refractivity contribution in [2.45, 2.75) is 25.6 Å². The Hall–Kier alpha value is -2.38. The third-order valence-corrected chi connectivity index (χ3v) is 3.57. The van der Waals surface area contributed by atoms with Gasteiger partial charge in [0.2, 0.25) is 5.91 Å². The highest BCUT2D eigenvalue weighted by Crippen LogP contribution is 2.25. The van der Waals surface area contributed by atoms with E-state index in [4.69, 9.17) is 10.5 Å². The second-order valence-electron chi connectivity index (χ2n) is 5.37. The molecule has 1 amide bonds. The van der Waals surface area contributed by atoms with Crippen LogP contribution in [0.4, 0.5) is 8.78 Å². The normalized spacial score (nSPS) is 11.4. The molecule has 8 heteroatoms. The summed E-state index contributed by atoms with van der Waals surface area (Å²) in [7, 11) is 1.46. The van der Waals surface area contributed by atoms with Crippen LogP contribution in [0.3, 0.4) is 0 Å². The Morgan fingerprint density at radius 3 is 2.50 bits per heavy atom. The number of rotatable bonds is 8. The molecule has 0 aliphatic rings. The molecule has 0 saturated carbocycles. The number of alkyl halides is 2. The molecular formula is C18H21ClF2N2O3. The van der Waals surface area contributed by atoms with E-state index in [2.05, 4.69) is 10.1 Å². The fourth-order valence-corrected chi connectivity index (χ4v) is 2.31. The Balaban J connectivity index is 0.00000338. The van der Waals surface area contributed by atoms with Gasteiger partial charge >= 0.3 is 6.61 Å². The van der Waals surface area contributed by atoms with E-state index in [0.717, 1.165) is 5.56 Å². The van der Waals surface area contributed by atoms with Crippen molar-refractivity contribution in [3.8, 4) is 11.5 Å². The van der Waals surface area contributed by atoms with Crippen molar-refractivity contribution in [2.75, 3.05) is 7.11 Å². The predicted octanol–water partition coefficient (Wildman–Crippen LogP) is 2.90.